The number of aliphatic carboxylic acids is 2. The number of aliphatic hydroxyl groups excluding tert-OH is 2. The molecule has 0 saturated carbocycles. The van der Waals surface area contributed by atoms with Gasteiger partial charge in [-0.2, -0.15) is 0 Å². The van der Waals surface area contributed by atoms with Crippen molar-refractivity contribution >= 4 is 43.8 Å². The molecule has 0 unspecified atom stereocenters. The minimum atomic E-state index is -0.829. The number of alkyl halides is 2. The van der Waals surface area contributed by atoms with Gasteiger partial charge >= 0.3 is 11.9 Å². The summed E-state index contributed by atoms with van der Waals surface area (Å²) in [7, 11) is 0. The summed E-state index contributed by atoms with van der Waals surface area (Å²) in [6.07, 6.45) is 2.97. The molecule has 8 heteroatoms. The van der Waals surface area contributed by atoms with Crippen molar-refractivity contribution in [1.82, 2.24) is 0 Å². The van der Waals surface area contributed by atoms with E-state index in [9.17, 15) is 9.59 Å². The maximum Gasteiger partial charge on any atom is 0.314 e. The first-order valence-electron chi connectivity index (χ1n) is 3.88. The predicted molar refractivity (Wildman–Crippen MR) is 66.2 cm³/mol. The van der Waals surface area contributed by atoms with Gasteiger partial charge in [-0.15, -0.1) is 0 Å². The minimum absolute atomic E-state index is 0.0144. The third-order valence-electron chi connectivity index (χ3n) is 0.606. The van der Waals surface area contributed by atoms with Gasteiger partial charge < -0.3 is 20.4 Å². The van der Waals surface area contributed by atoms with E-state index in [0.717, 1.165) is 0 Å². The minimum Gasteiger partial charge on any atom is -0.481 e. The Bertz CT molecular complexity index is 175. The molecule has 4 N–H and O–H groups in total. The molecule has 0 saturated heterocycles. The van der Waals surface area contributed by atoms with Crippen molar-refractivity contribution in [3.05, 3.63) is 12.2 Å². The van der Waals surface area contributed by atoms with Gasteiger partial charge in [0.2, 0.25) is 0 Å². The number of halogens is 2. The first kappa shape index (κ1) is 20.9. The Kier molecular flexibility index (Phi) is 26.2. The Morgan fingerprint density at radius 3 is 1.12 bits per heavy atom. The smallest absolute Gasteiger partial charge is 0.314 e. The molecule has 0 heterocycles. The molecule has 0 rings (SSSR count). The van der Waals surface area contributed by atoms with Crippen LogP contribution in [0.15, 0.2) is 12.2 Å². The van der Waals surface area contributed by atoms with E-state index in [0.29, 0.717) is 0 Å². The zero-order valence-electron chi connectivity index (χ0n) is 8.34. The summed E-state index contributed by atoms with van der Waals surface area (Å²) in [5, 5.41) is 31.4. The molecule has 16 heavy (non-hydrogen) atoms. The Morgan fingerprint density at radius 1 is 0.875 bits per heavy atom. The molecule has 0 radical (unpaired) electrons. The van der Waals surface area contributed by atoms with Gasteiger partial charge in [-0.05, 0) is 0 Å². The standard InChI is InChI=1S/C4H8O2.2C2H3BrO2/c5-3-1-2-4-6;2*3-1-2(4)5/h1-2,5-6H,3-4H2;2*1H2,(H,4,5). The van der Waals surface area contributed by atoms with E-state index in [1.54, 1.807) is 0 Å². The van der Waals surface area contributed by atoms with Crippen molar-refractivity contribution in [2.75, 3.05) is 23.9 Å². The Hall–Kier alpha value is -0.440. The molecular weight excluding hydrogens is 352 g/mol. The lowest BCUT2D eigenvalue weighted by Gasteiger charge is -1.73. The monoisotopic (exact) mass is 364 g/mol. The summed E-state index contributed by atoms with van der Waals surface area (Å²) in [6.45, 7) is 0.0289. The van der Waals surface area contributed by atoms with Gasteiger partial charge in [0.05, 0.1) is 13.2 Å². The van der Waals surface area contributed by atoms with Crippen LogP contribution in [0.2, 0.25) is 0 Å². The Balaban J connectivity index is -0.000000160. The van der Waals surface area contributed by atoms with Crippen LogP contribution in [-0.2, 0) is 9.59 Å². The first-order valence-corrected chi connectivity index (χ1v) is 6.12. The maximum atomic E-state index is 9.32. The zero-order valence-corrected chi connectivity index (χ0v) is 11.5. The number of rotatable bonds is 4. The van der Waals surface area contributed by atoms with Crippen molar-refractivity contribution in [1.29, 1.82) is 0 Å². The number of carbonyl (C=O) groups is 2. The van der Waals surface area contributed by atoms with Crippen LogP contribution in [0.5, 0.6) is 0 Å². The van der Waals surface area contributed by atoms with Crippen LogP contribution in [0.4, 0.5) is 0 Å². The molecule has 0 bridgehead atoms. The quantitative estimate of drug-likeness (QED) is 0.425. The second kappa shape index (κ2) is 20.0. The predicted octanol–water partition coefficient (Wildman–Crippen LogP) is 0.459. The fourth-order valence-corrected chi connectivity index (χ4v) is 0.149. The number of hydrogen-bond acceptors (Lipinski definition) is 4. The number of carboxylic acids is 2. The average Bonchev–Trinajstić information content (AvgIpc) is 2.27. The molecule has 0 atom stereocenters. The van der Waals surface area contributed by atoms with Gasteiger partial charge in [0.15, 0.2) is 0 Å². The number of hydrogen-bond donors (Lipinski definition) is 4. The SMILES string of the molecule is O=C(O)CBr.O=C(O)CBr.OCC=CCO. The highest BCUT2D eigenvalue weighted by molar-refractivity contribution is 9.09. The van der Waals surface area contributed by atoms with Crippen LogP contribution in [0.1, 0.15) is 0 Å². The highest BCUT2D eigenvalue weighted by Crippen LogP contribution is 1.74. The van der Waals surface area contributed by atoms with E-state index in [4.69, 9.17) is 20.4 Å². The third kappa shape index (κ3) is 49.7. The number of carboxylic acid groups (broad SMARTS) is 2. The first-order chi connectivity index (χ1) is 7.45. The second-order valence-electron chi connectivity index (χ2n) is 1.89. The van der Waals surface area contributed by atoms with Crippen LogP contribution < -0.4 is 0 Å². The molecule has 0 aliphatic heterocycles. The van der Waals surface area contributed by atoms with Crippen LogP contribution in [0.3, 0.4) is 0 Å². The molecule has 96 valence electrons. The molecule has 0 aliphatic carbocycles. The van der Waals surface area contributed by atoms with E-state index in [2.05, 4.69) is 31.9 Å². The summed E-state index contributed by atoms with van der Waals surface area (Å²) in [5.74, 6) is -1.66. The molecule has 0 spiro atoms. The van der Waals surface area contributed by atoms with E-state index in [1.807, 2.05) is 0 Å². The van der Waals surface area contributed by atoms with Gasteiger partial charge in [-0.25, -0.2) is 0 Å². The maximum absolute atomic E-state index is 9.32. The lowest BCUT2D eigenvalue weighted by atomic mass is 10.5. The van der Waals surface area contributed by atoms with Crippen molar-refractivity contribution < 1.29 is 30.0 Å². The summed E-state index contributed by atoms with van der Waals surface area (Å²) >= 11 is 5.43. The van der Waals surface area contributed by atoms with E-state index >= 15 is 0 Å². The fraction of sp³-hybridized carbons (Fsp3) is 0.500. The molecule has 6 nitrogen and oxygen atoms in total. The van der Waals surface area contributed by atoms with Crippen molar-refractivity contribution in [3.63, 3.8) is 0 Å². The molecule has 0 aromatic heterocycles. The summed E-state index contributed by atoms with van der Waals surface area (Å²) in [6, 6.07) is 0. The van der Waals surface area contributed by atoms with E-state index in [-0.39, 0.29) is 23.9 Å². The summed E-state index contributed by atoms with van der Waals surface area (Å²) < 4.78 is 0. The molecule has 0 amide bonds. The largest absolute Gasteiger partial charge is 0.481 e. The second-order valence-corrected chi connectivity index (χ2v) is 3.01. The lowest BCUT2D eigenvalue weighted by Crippen LogP contribution is -1.92. The molecule has 0 fully saturated rings. The molecule has 0 aliphatic rings. The van der Waals surface area contributed by atoms with E-state index in [1.165, 1.54) is 12.2 Å². The van der Waals surface area contributed by atoms with Gasteiger partial charge in [0.25, 0.3) is 0 Å². The van der Waals surface area contributed by atoms with Gasteiger partial charge in [-0.1, -0.05) is 44.0 Å². The molecular formula is C8H14Br2O6. The molecule has 0 aromatic rings. The van der Waals surface area contributed by atoms with Crippen LogP contribution in [-0.4, -0.2) is 56.2 Å². The molecule has 0 aromatic carbocycles. The Labute approximate surface area is 110 Å². The fourth-order valence-electron chi connectivity index (χ4n) is 0.149. The zero-order chi connectivity index (χ0) is 13.4. The van der Waals surface area contributed by atoms with Gasteiger partial charge in [0, 0.05) is 0 Å². The topological polar surface area (TPSA) is 115 Å². The van der Waals surface area contributed by atoms with Crippen molar-refractivity contribution in [3.8, 4) is 0 Å². The van der Waals surface area contributed by atoms with Crippen LogP contribution >= 0.6 is 31.9 Å². The Morgan fingerprint density at radius 2 is 1.06 bits per heavy atom. The van der Waals surface area contributed by atoms with Crippen LogP contribution in [0, 0.1) is 0 Å². The highest BCUT2D eigenvalue weighted by atomic mass is 79.9. The van der Waals surface area contributed by atoms with Crippen molar-refractivity contribution in [2.45, 2.75) is 0 Å². The van der Waals surface area contributed by atoms with Crippen molar-refractivity contribution in [2.24, 2.45) is 0 Å². The lowest BCUT2D eigenvalue weighted by molar-refractivity contribution is -0.134. The van der Waals surface area contributed by atoms with Gasteiger partial charge in [-0.3, -0.25) is 9.59 Å². The number of aliphatic hydroxyl groups is 2. The third-order valence-corrected chi connectivity index (χ3v) is 1.57. The average molecular weight is 366 g/mol. The van der Waals surface area contributed by atoms with Gasteiger partial charge in [0.1, 0.15) is 10.7 Å². The van der Waals surface area contributed by atoms with Crippen LogP contribution in [0.25, 0.3) is 0 Å². The highest BCUT2D eigenvalue weighted by Gasteiger charge is 1.83. The summed E-state index contributed by atoms with van der Waals surface area (Å²) in [4.78, 5) is 18.6. The van der Waals surface area contributed by atoms with E-state index < -0.39 is 11.9 Å². The normalized spacial score (nSPS) is 8.50. The summed E-state index contributed by atoms with van der Waals surface area (Å²) in [5.41, 5.74) is 0.